The summed E-state index contributed by atoms with van der Waals surface area (Å²) in [6.07, 6.45) is 3.83. The molecule has 1 N–H and O–H groups in total. The van der Waals surface area contributed by atoms with Crippen molar-refractivity contribution in [3.63, 3.8) is 0 Å². The number of anilines is 3. The van der Waals surface area contributed by atoms with Gasteiger partial charge in [-0.3, -0.25) is 9.59 Å². The molecule has 0 aliphatic carbocycles. The number of benzene rings is 2. The molecule has 2 aromatic rings. The number of piperidine rings is 1. The Balaban J connectivity index is 1.46. The second-order valence-electron chi connectivity index (χ2n) is 7.66. The number of ether oxygens (including phenoxy) is 1. The fraction of sp³-hybridized carbons (Fsp3) is 0.391. The Morgan fingerprint density at radius 1 is 1.07 bits per heavy atom. The van der Waals surface area contributed by atoms with Crippen LogP contribution in [0.15, 0.2) is 48.5 Å². The van der Waals surface area contributed by atoms with Gasteiger partial charge in [0.05, 0.1) is 24.4 Å². The Bertz CT molecular complexity index is 892. The number of hydrogen-bond acceptors (Lipinski definition) is 4. The van der Waals surface area contributed by atoms with Crippen LogP contribution >= 0.6 is 0 Å². The highest BCUT2D eigenvalue weighted by Crippen LogP contribution is 2.31. The minimum absolute atomic E-state index is 0.0391. The fourth-order valence-corrected chi connectivity index (χ4v) is 4.14. The highest BCUT2D eigenvalue weighted by molar-refractivity contribution is 6.04. The van der Waals surface area contributed by atoms with Gasteiger partial charge in [-0.1, -0.05) is 18.2 Å². The molecule has 1 unspecified atom stereocenters. The number of nitrogens with one attached hydrogen (secondary N) is 1. The lowest BCUT2D eigenvalue weighted by molar-refractivity contribution is -0.122. The van der Waals surface area contributed by atoms with Gasteiger partial charge in [-0.15, -0.1) is 0 Å². The summed E-state index contributed by atoms with van der Waals surface area (Å²) in [5.41, 5.74) is 2.65. The van der Waals surface area contributed by atoms with Gasteiger partial charge in [0, 0.05) is 37.8 Å². The molecule has 152 valence electrons. The van der Waals surface area contributed by atoms with Crippen LogP contribution in [-0.4, -0.2) is 38.6 Å². The molecule has 6 nitrogen and oxygen atoms in total. The number of amides is 2. The zero-order valence-electron chi connectivity index (χ0n) is 16.8. The second-order valence-corrected chi connectivity index (χ2v) is 7.66. The summed E-state index contributed by atoms with van der Waals surface area (Å²) in [5.74, 6) is 0.178. The number of carbonyl (C=O) groups is 2. The lowest BCUT2D eigenvalue weighted by atomic mass is 10.1. The molecule has 0 spiro atoms. The Morgan fingerprint density at radius 2 is 1.86 bits per heavy atom. The van der Waals surface area contributed by atoms with Crippen LogP contribution in [0.1, 0.15) is 25.7 Å². The molecule has 29 heavy (non-hydrogen) atoms. The molecule has 2 fully saturated rings. The van der Waals surface area contributed by atoms with E-state index in [1.165, 1.54) is 19.3 Å². The van der Waals surface area contributed by atoms with Crippen molar-refractivity contribution in [2.75, 3.05) is 41.9 Å². The van der Waals surface area contributed by atoms with E-state index in [1.807, 2.05) is 42.5 Å². The van der Waals surface area contributed by atoms with Crippen molar-refractivity contribution in [1.82, 2.24) is 0 Å². The molecule has 0 bridgehead atoms. The first-order valence-corrected chi connectivity index (χ1v) is 10.2. The third-order valence-corrected chi connectivity index (χ3v) is 5.72. The molecule has 2 saturated heterocycles. The van der Waals surface area contributed by atoms with E-state index < -0.39 is 0 Å². The third-order valence-electron chi connectivity index (χ3n) is 5.72. The van der Waals surface area contributed by atoms with E-state index in [4.69, 9.17) is 4.74 Å². The molecule has 6 heteroatoms. The van der Waals surface area contributed by atoms with Crippen molar-refractivity contribution in [2.24, 2.45) is 5.92 Å². The van der Waals surface area contributed by atoms with Crippen molar-refractivity contribution in [3.8, 4) is 5.75 Å². The highest BCUT2D eigenvalue weighted by atomic mass is 16.5. The van der Waals surface area contributed by atoms with Crippen LogP contribution in [0, 0.1) is 5.92 Å². The summed E-state index contributed by atoms with van der Waals surface area (Å²) in [7, 11) is 1.60. The molecule has 0 saturated carbocycles. The standard InChI is InChI=1S/C23H27N3O3/c1-29-19-9-7-8-18(15-19)26-16-17(14-22(26)27)23(28)24-20-10-3-4-11-21(20)25-12-5-2-6-13-25/h3-4,7-11,15,17H,2,5-6,12-14,16H2,1H3,(H,24,28). The number of rotatable bonds is 5. The van der Waals surface area contributed by atoms with Crippen LogP contribution < -0.4 is 19.9 Å². The first kappa shape index (κ1) is 19.3. The quantitative estimate of drug-likeness (QED) is 0.842. The van der Waals surface area contributed by atoms with Gasteiger partial charge >= 0.3 is 0 Å². The highest BCUT2D eigenvalue weighted by Gasteiger charge is 2.35. The molecular weight excluding hydrogens is 366 g/mol. The van der Waals surface area contributed by atoms with Crippen LogP contribution in [0.3, 0.4) is 0 Å². The second kappa shape index (κ2) is 8.55. The third kappa shape index (κ3) is 4.21. The molecule has 0 radical (unpaired) electrons. The van der Waals surface area contributed by atoms with Crippen molar-refractivity contribution < 1.29 is 14.3 Å². The van der Waals surface area contributed by atoms with E-state index in [0.29, 0.717) is 12.3 Å². The molecule has 2 aliphatic heterocycles. The zero-order chi connectivity index (χ0) is 20.2. The van der Waals surface area contributed by atoms with Gasteiger partial charge in [-0.2, -0.15) is 0 Å². The Morgan fingerprint density at radius 3 is 2.66 bits per heavy atom. The van der Waals surface area contributed by atoms with Crippen LogP contribution in [0.5, 0.6) is 5.75 Å². The Kier molecular flexibility index (Phi) is 5.69. The summed E-state index contributed by atoms with van der Waals surface area (Å²) >= 11 is 0. The number of para-hydroxylation sites is 2. The van der Waals surface area contributed by atoms with Crippen LogP contribution in [-0.2, 0) is 9.59 Å². The smallest absolute Gasteiger partial charge is 0.229 e. The SMILES string of the molecule is COc1cccc(N2CC(C(=O)Nc3ccccc3N3CCCCC3)CC2=O)c1. The van der Waals surface area contributed by atoms with Gasteiger partial charge in [0.1, 0.15) is 5.75 Å². The summed E-state index contributed by atoms with van der Waals surface area (Å²) in [5, 5.41) is 3.08. The lowest BCUT2D eigenvalue weighted by Gasteiger charge is -2.30. The number of carbonyl (C=O) groups excluding carboxylic acids is 2. The Hall–Kier alpha value is -3.02. The molecule has 2 heterocycles. The zero-order valence-corrected chi connectivity index (χ0v) is 16.8. The van der Waals surface area contributed by atoms with E-state index in [9.17, 15) is 9.59 Å². The van der Waals surface area contributed by atoms with Gasteiger partial charge in [0.15, 0.2) is 0 Å². The van der Waals surface area contributed by atoms with Crippen molar-refractivity contribution in [1.29, 1.82) is 0 Å². The monoisotopic (exact) mass is 393 g/mol. The molecule has 0 aromatic heterocycles. The van der Waals surface area contributed by atoms with Crippen LogP contribution in [0.2, 0.25) is 0 Å². The fourth-order valence-electron chi connectivity index (χ4n) is 4.14. The first-order valence-electron chi connectivity index (χ1n) is 10.2. The first-order chi connectivity index (χ1) is 14.2. The number of nitrogens with zero attached hydrogens (tertiary/aromatic N) is 2. The van der Waals surface area contributed by atoms with E-state index in [1.54, 1.807) is 12.0 Å². The maximum Gasteiger partial charge on any atom is 0.229 e. The van der Waals surface area contributed by atoms with Crippen LogP contribution in [0.4, 0.5) is 17.1 Å². The molecule has 2 aliphatic rings. The maximum absolute atomic E-state index is 13.0. The largest absolute Gasteiger partial charge is 0.497 e. The number of methoxy groups -OCH3 is 1. The van der Waals surface area contributed by atoms with E-state index in [-0.39, 0.29) is 24.2 Å². The van der Waals surface area contributed by atoms with Gasteiger partial charge in [0.2, 0.25) is 11.8 Å². The Labute approximate surface area is 171 Å². The minimum Gasteiger partial charge on any atom is -0.497 e. The van der Waals surface area contributed by atoms with Gasteiger partial charge in [-0.05, 0) is 43.5 Å². The predicted molar refractivity (Wildman–Crippen MR) is 115 cm³/mol. The normalized spacial score (nSPS) is 19.3. The minimum atomic E-state index is -0.372. The van der Waals surface area contributed by atoms with E-state index in [0.717, 1.165) is 30.2 Å². The van der Waals surface area contributed by atoms with Crippen molar-refractivity contribution >= 4 is 28.9 Å². The average molecular weight is 393 g/mol. The number of hydrogen-bond donors (Lipinski definition) is 1. The molecule has 1 atom stereocenters. The van der Waals surface area contributed by atoms with Gasteiger partial charge in [-0.25, -0.2) is 0 Å². The van der Waals surface area contributed by atoms with Crippen molar-refractivity contribution in [2.45, 2.75) is 25.7 Å². The molecule has 4 rings (SSSR count). The topological polar surface area (TPSA) is 61.9 Å². The van der Waals surface area contributed by atoms with E-state index in [2.05, 4.69) is 16.3 Å². The van der Waals surface area contributed by atoms with Crippen LogP contribution in [0.25, 0.3) is 0 Å². The maximum atomic E-state index is 13.0. The van der Waals surface area contributed by atoms with Crippen molar-refractivity contribution in [3.05, 3.63) is 48.5 Å². The lowest BCUT2D eigenvalue weighted by Crippen LogP contribution is -2.31. The summed E-state index contributed by atoms with van der Waals surface area (Å²) in [4.78, 5) is 29.5. The van der Waals surface area contributed by atoms with Gasteiger partial charge in [0.25, 0.3) is 0 Å². The predicted octanol–water partition coefficient (Wildman–Crippen LogP) is 3.68. The van der Waals surface area contributed by atoms with Gasteiger partial charge < -0.3 is 19.9 Å². The summed E-state index contributed by atoms with van der Waals surface area (Å²) in [6.45, 7) is 2.40. The van der Waals surface area contributed by atoms with E-state index >= 15 is 0 Å². The summed E-state index contributed by atoms with van der Waals surface area (Å²) < 4.78 is 5.25. The average Bonchev–Trinajstić information content (AvgIpc) is 3.16. The molecular formula is C23H27N3O3. The molecule has 2 aromatic carbocycles. The molecule has 2 amide bonds. The summed E-state index contributed by atoms with van der Waals surface area (Å²) in [6, 6.07) is 15.3.